The number of aromatic amines is 1. The zero-order valence-electron chi connectivity index (χ0n) is 15.9. The van der Waals surface area contributed by atoms with Crippen LogP contribution in [-0.4, -0.2) is 32.2 Å². The zero-order chi connectivity index (χ0) is 20.2. The number of nitrogen functional groups attached to an aromatic ring is 1. The van der Waals surface area contributed by atoms with Crippen molar-refractivity contribution in [2.24, 2.45) is 0 Å². The minimum Gasteiger partial charge on any atom is -0.396 e. The van der Waals surface area contributed by atoms with Crippen LogP contribution in [0.5, 0.6) is 0 Å². The number of carbonyl (C=O) groups is 1. The number of carbonyl (C=O) groups excluding carboxylic acids is 1. The van der Waals surface area contributed by atoms with Crippen molar-refractivity contribution in [3.63, 3.8) is 0 Å². The summed E-state index contributed by atoms with van der Waals surface area (Å²) in [5.74, 6) is -0.442. The van der Waals surface area contributed by atoms with Crippen molar-refractivity contribution in [1.82, 2.24) is 25.4 Å². The predicted octanol–water partition coefficient (Wildman–Crippen LogP) is 3.40. The number of nitrogens with one attached hydrogen (secondary N) is 2. The van der Waals surface area contributed by atoms with Gasteiger partial charge < -0.3 is 16.0 Å². The molecule has 4 N–H and O–H groups in total. The maximum absolute atomic E-state index is 13.5. The molecule has 2 aliphatic rings. The molecule has 1 aromatic carbocycles. The maximum Gasteiger partial charge on any atom is 0.318 e. The highest BCUT2D eigenvalue weighted by Crippen LogP contribution is 2.46. The fourth-order valence-electron chi connectivity index (χ4n) is 4.01. The van der Waals surface area contributed by atoms with Crippen molar-refractivity contribution < 1.29 is 9.18 Å². The lowest BCUT2D eigenvalue weighted by Gasteiger charge is -2.35. The van der Waals surface area contributed by atoms with E-state index in [1.165, 1.54) is 17.4 Å². The van der Waals surface area contributed by atoms with Crippen molar-refractivity contribution in [2.75, 3.05) is 5.73 Å². The van der Waals surface area contributed by atoms with Crippen LogP contribution in [0.15, 0.2) is 29.1 Å². The van der Waals surface area contributed by atoms with E-state index in [0.29, 0.717) is 13.0 Å². The third-order valence-electron chi connectivity index (χ3n) is 5.89. The van der Waals surface area contributed by atoms with E-state index in [2.05, 4.69) is 20.5 Å². The molecule has 9 heteroatoms. The number of benzene rings is 1. The minimum atomic E-state index is -0.465. The van der Waals surface area contributed by atoms with Crippen molar-refractivity contribution in [3.05, 3.63) is 51.7 Å². The highest BCUT2D eigenvalue weighted by molar-refractivity contribution is 7.07. The molecule has 150 valence electrons. The molecule has 5 rings (SSSR count). The van der Waals surface area contributed by atoms with Gasteiger partial charge in [-0.15, -0.1) is 11.3 Å². The van der Waals surface area contributed by atoms with Gasteiger partial charge in [-0.25, -0.2) is 14.2 Å². The van der Waals surface area contributed by atoms with Crippen LogP contribution in [0.2, 0.25) is 0 Å². The molecule has 1 fully saturated rings. The van der Waals surface area contributed by atoms with Crippen LogP contribution >= 0.6 is 11.3 Å². The fraction of sp³-hybridized carbons (Fsp3) is 0.350. The molecule has 1 atom stereocenters. The van der Waals surface area contributed by atoms with Gasteiger partial charge in [-0.1, -0.05) is 6.07 Å². The number of amides is 2. The van der Waals surface area contributed by atoms with E-state index in [-0.39, 0.29) is 17.8 Å². The fourth-order valence-corrected chi connectivity index (χ4v) is 4.55. The van der Waals surface area contributed by atoms with Crippen LogP contribution in [0.25, 0.3) is 11.4 Å². The van der Waals surface area contributed by atoms with Gasteiger partial charge in [-0.05, 0) is 37.5 Å². The van der Waals surface area contributed by atoms with Crippen molar-refractivity contribution in [2.45, 2.75) is 44.3 Å². The van der Waals surface area contributed by atoms with Crippen LogP contribution in [0.3, 0.4) is 0 Å². The first-order valence-electron chi connectivity index (χ1n) is 9.56. The molecule has 0 radical (unpaired) electrons. The third-order valence-corrected chi connectivity index (χ3v) is 6.48. The number of nitrogens with two attached hydrogens (primary N) is 1. The lowest BCUT2D eigenvalue weighted by molar-refractivity contribution is 0.163. The number of fused-ring (bicyclic) bond motifs is 1. The van der Waals surface area contributed by atoms with Crippen molar-refractivity contribution in [1.29, 1.82) is 0 Å². The molecule has 2 aromatic heterocycles. The summed E-state index contributed by atoms with van der Waals surface area (Å²) in [7, 11) is 0. The van der Waals surface area contributed by atoms with E-state index in [1.807, 2.05) is 17.2 Å². The molecule has 0 spiro atoms. The molecular weight excluding hydrogens is 391 g/mol. The number of nitrogens with zero attached hydrogens (tertiary/aromatic N) is 3. The summed E-state index contributed by atoms with van der Waals surface area (Å²) in [5.41, 5.74) is 11.7. The van der Waals surface area contributed by atoms with Gasteiger partial charge in [-0.2, -0.15) is 5.10 Å². The number of aromatic nitrogens is 3. The van der Waals surface area contributed by atoms with E-state index in [4.69, 9.17) is 5.73 Å². The molecule has 3 heterocycles. The molecule has 0 bridgehead atoms. The van der Waals surface area contributed by atoms with Gasteiger partial charge in [0.15, 0.2) is 0 Å². The first kappa shape index (κ1) is 18.1. The summed E-state index contributed by atoms with van der Waals surface area (Å²) in [6.45, 7) is 2.49. The topological polar surface area (TPSA) is 99.9 Å². The van der Waals surface area contributed by atoms with Crippen LogP contribution in [0, 0.1) is 5.82 Å². The molecule has 0 saturated heterocycles. The van der Waals surface area contributed by atoms with Gasteiger partial charge in [0.25, 0.3) is 0 Å². The Morgan fingerprint density at radius 1 is 1.45 bits per heavy atom. The Bertz CT molecular complexity index is 1070. The van der Waals surface area contributed by atoms with E-state index >= 15 is 0 Å². The Morgan fingerprint density at radius 3 is 2.97 bits per heavy atom. The molecule has 3 aromatic rings. The van der Waals surface area contributed by atoms with Gasteiger partial charge in [0.05, 0.1) is 23.3 Å². The summed E-state index contributed by atoms with van der Waals surface area (Å²) in [5, 5.41) is 12.7. The second kappa shape index (κ2) is 6.55. The third kappa shape index (κ3) is 3.05. The average molecular weight is 412 g/mol. The highest BCUT2D eigenvalue weighted by Gasteiger charge is 2.47. The van der Waals surface area contributed by atoms with E-state index < -0.39 is 11.4 Å². The van der Waals surface area contributed by atoms with Crippen LogP contribution < -0.4 is 11.1 Å². The summed E-state index contributed by atoms with van der Waals surface area (Å²) >= 11 is 1.52. The Labute approximate surface area is 171 Å². The second-order valence-electron chi connectivity index (χ2n) is 7.83. The highest BCUT2D eigenvalue weighted by atomic mass is 32.1. The monoisotopic (exact) mass is 412 g/mol. The number of rotatable bonds is 3. The standard InChI is InChI=1S/C20H21FN6OS/c1-11-6-16-13(18(26-25-16)17-9-29-10-23-17)8-27(11)19(28)24-20(4-5-20)12-2-3-14(21)15(22)7-12/h2-3,7,9-11H,4-6,8,22H2,1H3,(H,24,28)(H,25,26). The quantitative estimate of drug-likeness (QED) is 0.574. The number of halogens is 1. The van der Waals surface area contributed by atoms with E-state index in [0.717, 1.165) is 41.1 Å². The molecule has 1 aliphatic heterocycles. The SMILES string of the molecule is CC1Cc2[nH]nc(-c3cscn3)c2CN1C(=O)NC1(c2ccc(F)c(N)c2)CC1. The molecule has 1 aliphatic carbocycles. The number of H-pyrrole nitrogens is 1. The normalized spacial score (nSPS) is 19.7. The van der Waals surface area contributed by atoms with Crippen LogP contribution in [0.1, 0.15) is 36.6 Å². The Hall–Kier alpha value is -2.94. The lowest BCUT2D eigenvalue weighted by atomic mass is 9.99. The molecular formula is C20H21FN6OS. The Balaban J connectivity index is 1.38. The van der Waals surface area contributed by atoms with Crippen LogP contribution in [0.4, 0.5) is 14.9 Å². The number of anilines is 1. The summed E-state index contributed by atoms with van der Waals surface area (Å²) in [6, 6.07) is 4.58. The van der Waals surface area contributed by atoms with Crippen molar-refractivity contribution >= 4 is 23.1 Å². The van der Waals surface area contributed by atoms with Gasteiger partial charge in [0.2, 0.25) is 0 Å². The molecule has 2 amide bonds. The number of hydrogen-bond acceptors (Lipinski definition) is 5. The maximum atomic E-state index is 13.5. The molecule has 7 nitrogen and oxygen atoms in total. The average Bonchev–Trinajstić information content (AvgIpc) is 3.11. The Kier molecular flexibility index (Phi) is 4.09. The first-order valence-corrected chi connectivity index (χ1v) is 10.5. The largest absolute Gasteiger partial charge is 0.396 e. The Morgan fingerprint density at radius 2 is 2.28 bits per heavy atom. The zero-order valence-corrected chi connectivity index (χ0v) is 16.7. The van der Waals surface area contributed by atoms with Gasteiger partial charge in [-0.3, -0.25) is 5.10 Å². The summed E-state index contributed by atoms with van der Waals surface area (Å²) in [6.07, 6.45) is 2.33. The van der Waals surface area contributed by atoms with E-state index in [9.17, 15) is 9.18 Å². The van der Waals surface area contributed by atoms with E-state index in [1.54, 1.807) is 17.6 Å². The second-order valence-corrected chi connectivity index (χ2v) is 8.55. The number of urea groups is 1. The lowest BCUT2D eigenvalue weighted by Crippen LogP contribution is -2.50. The van der Waals surface area contributed by atoms with Crippen LogP contribution in [-0.2, 0) is 18.5 Å². The number of thiazole rings is 1. The van der Waals surface area contributed by atoms with Gasteiger partial charge in [0, 0.05) is 29.1 Å². The number of hydrogen-bond donors (Lipinski definition) is 3. The minimum absolute atomic E-state index is 0.0281. The molecule has 1 saturated carbocycles. The summed E-state index contributed by atoms with van der Waals surface area (Å²) < 4.78 is 13.5. The smallest absolute Gasteiger partial charge is 0.318 e. The van der Waals surface area contributed by atoms with Gasteiger partial charge in [0.1, 0.15) is 17.2 Å². The first-order chi connectivity index (χ1) is 14.0. The predicted molar refractivity (Wildman–Crippen MR) is 109 cm³/mol. The summed E-state index contributed by atoms with van der Waals surface area (Å²) in [4.78, 5) is 19.4. The van der Waals surface area contributed by atoms with Gasteiger partial charge >= 0.3 is 6.03 Å². The molecule has 29 heavy (non-hydrogen) atoms. The van der Waals surface area contributed by atoms with Crippen molar-refractivity contribution in [3.8, 4) is 11.4 Å². The molecule has 1 unspecified atom stereocenters.